The van der Waals surface area contributed by atoms with Gasteiger partial charge in [-0.3, -0.25) is 0 Å². The first kappa shape index (κ1) is 19.0. The van der Waals surface area contributed by atoms with Gasteiger partial charge in [0.05, 0.1) is 0 Å². The third kappa shape index (κ3) is 3.03. The summed E-state index contributed by atoms with van der Waals surface area (Å²) >= 11 is 15.5. The predicted molar refractivity (Wildman–Crippen MR) is 122 cm³/mol. The van der Waals surface area contributed by atoms with E-state index in [1.807, 2.05) is 24.3 Å². The molecule has 4 nitrogen and oxygen atoms in total. The van der Waals surface area contributed by atoms with E-state index < -0.39 is 5.66 Å². The summed E-state index contributed by atoms with van der Waals surface area (Å²) in [6.45, 7) is 1.70. The normalized spacial score (nSPS) is 18.2. The standard InChI is InChI=1S/C19H18Cl2N4S2/c1-26-17-19(18(27-2)23-22-17)24(15-7-3-13(20)4-8-15)11-12-25(19)16-9-5-14(21)6-10-16/h3-10H,11-12H2,1-2H3. The van der Waals surface area contributed by atoms with Gasteiger partial charge in [0.25, 0.3) is 0 Å². The Morgan fingerprint density at radius 1 is 0.741 bits per heavy atom. The topological polar surface area (TPSA) is 31.2 Å². The van der Waals surface area contributed by atoms with Gasteiger partial charge >= 0.3 is 0 Å². The summed E-state index contributed by atoms with van der Waals surface area (Å²) in [7, 11) is 0. The van der Waals surface area contributed by atoms with Crippen LogP contribution in [0.4, 0.5) is 11.4 Å². The molecule has 0 radical (unpaired) electrons. The van der Waals surface area contributed by atoms with Crippen molar-refractivity contribution in [2.45, 2.75) is 5.66 Å². The summed E-state index contributed by atoms with van der Waals surface area (Å²) in [5.41, 5.74) is 1.66. The molecule has 0 aromatic heterocycles. The minimum atomic E-state index is -0.541. The quantitative estimate of drug-likeness (QED) is 0.624. The van der Waals surface area contributed by atoms with E-state index in [1.165, 1.54) is 0 Å². The van der Waals surface area contributed by atoms with E-state index in [4.69, 9.17) is 23.2 Å². The minimum Gasteiger partial charge on any atom is -0.336 e. The number of hydrogen-bond donors (Lipinski definition) is 0. The van der Waals surface area contributed by atoms with E-state index in [2.05, 4.69) is 56.8 Å². The van der Waals surface area contributed by atoms with Crippen LogP contribution >= 0.6 is 46.7 Å². The number of nitrogens with zero attached hydrogens (tertiary/aromatic N) is 4. The molecule has 0 atom stereocenters. The van der Waals surface area contributed by atoms with Crippen LogP contribution in [0, 0.1) is 0 Å². The molecule has 1 spiro atoms. The lowest BCUT2D eigenvalue weighted by Gasteiger charge is -2.43. The lowest BCUT2D eigenvalue weighted by Crippen LogP contribution is -2.62. The van der Waals surface area contributed by atoms with Crippen molar-refractivity contribution in [3.63, 3.8) is 0 Å². The van der Waals surface area contributed by atoms with Gasteiger partial charge in [0.2, 0.25) is 5.66 Å². The first-order valence-corrected chi connectivity index (χ1v) is 11.6. The molecule has 1 fully saturated rings. The number of thioether (sulfide) groups is 2. The number of rotatable bonds is 2. The Hall–Kier alpha value is -1.34. The second kappa shape index (κ2) is 7.59. The van der Waals surface area contributed by atoms with Crippen LogP contribution < -0.4 is 9.80 Å². The van der Waals surface area contributed by atoms with Crippen LogP contribution in [0.15, 0.2) is 58.7 Å². The third-order valence-electron chi connectivity index (χ3n) is 4.82. The molecule has 0 amide bonds. The average Bonchev–Trinajstić information content (AvgIpc) is 3.25. The first-order valence-electron chi connectivity index (χ1n) is 8.42. The van der Waals surface area contributed by atoms with E-state index in [1.54, 1.807) is 23.5 Å². The first-order chi connectivity index (χ1) is 13.1. The molecule has 0 N–H and O–H groups in total. The fourth-order valence-electron chi connectivity index (χ4n) is 3.69. The largest absolute Gasteiger partial charge is 0.336 e. The van der Waals surface area contributed by atoms with Gasteiger partial charge in [0, 0.05) is 34.5 Å². The van der Waals surface area contributed by atoms with E-state index in [9.17, 15) is 0 Å². The molecule has 0 bridgehead atoms. The van der Waals surface area contributed by atoms with Crippen LogP contribution in [-0.2, 0) is 0 Å². The van der Waals surface area contributed by atoms with Crippen molar-refractivity contribution in [1.29, 1.82) is 0 Å². The van der Waals surface area contributed by atoms with Crippen LogP contribution in [0.2, 0.25) is 10.0 Å². The highest BCUT2D eigenvalue weighted by Gasteiger charge is 2.57. The number of anilines is 2. The Balaban J connectivity index is 1.88. The molecule has 27 heavy (non-hydrogen) atoms. The van der Waals surface area contributed by atoms with Crippen LogP contribution in [0.25, 0.3) is 0 Å². The summed E-state index contributed by atoms with van der Waals surface area (Å²) in [4.78, 5) is 4.74. The summed E-state index contributed by atoms with van der Waals surface area (Å²) in [6, 6.07) is 15.9. The summed E-state index contributed by atoms with van der Waals surface area (Å²) in [5.74, 6) is 0. The van der Waals surface area contributed by atoms with Gasteiger partial charge in [-0.05, 0) is 61.0 Å². The molecule has 0 unspecified atom stereocenters. The molecule has 2 aromatic rings. The van der Waals surface area contributed by atoms with Crippen molar-refractivity contribution in [3.05, 3.63) is 58.6 Å². The molecule has 140 valence electrons. The number of benzene rings is 2. The lowest BCUT2D eigenvalue weighted by atomic mass is 10.1. The fraction of sp³-hybridized carbons (Fsp3) is 0.263. The Bertz CT molecular complexity index is 821. The highest BCUT2D eigenvalue weighted by Crippen LogP contribution is 2.45. The maximum atomic E-state index is 6.12. The number of halogens is 2. The molecule has 8 heteroatoms. The third-order valence-corrected chi connectivity index (χ3v) is 6.83. The van der Waals surface area contributed by atoms with Gasteiger partial charge in [0.15, 0.2) is 0 Å². The molecular formula is C19H18Cl2N4S2. The summed E-state index contributed by atoms with van der Waals surface area (Å²) in [5, 5.41) is 12.5. The average molecular weight is 437 g/mol. The molecule has 2 aliphatic rings. The van der Waals surface area contributed by atoms with Crippen molar-refractivity contribution in [1.82, 2.24) is 0 Å². The van der Waals surface area contributed by atoms with E-state index in [0.29, 0.717) is 0 Å². The number of hydrogen-bond acceptors (Lipinski definition) is 6. The molecule has 0 saturated carbocycles. The van der Waals surface area contributed by atoms with Gasteiger partial charge in [-0.15, -0.1) is 33.7 Å². The highest BCUT2D eigenvalue weighted by atomic mass is 35.5. The van der Waals surface area contributed by atoms with E-state index in [0.717, 1.165) is 44.6 Å². The minimum absolute atomic E-state index is 0.541. The molecular weight excluding hydrogens is 419 g/mol. The lowest BCUT2D eigenvalue weighted by molar-refractivity contribution is 0.755. The van der Waals surface area contributed by atoms with E-state index >= 15 is 0 Å². The Morgan fingerprint density at radius 2 is 1.11 bits per heavy atom. The van der Waals surface area contributed by atoms with Crippen LogP contribution in [-0.4, -0.2) is 41.4 Å². The van der Waals surface area contributed by atoms with Crippen LogP contribution in [0.3, 0.4) is 0 Å². The maximum Gasteiger partial charge on any atom is 0.217 e. The highest BCUT2D eigenvalue weighted by molar-refractivity contribution is 8.16. The van der Waals surface area contributed by atoms with E-state index in [-0.39, 0.29) is 0 Å². The zero-order valence-electron chi connectivity index (χ0n) is 14.9. The Morgan fingerprint density at radius 3 is 1.44 bits per heavy atom. The van der Waals surface area contributed by atoms with Crippen molar-refractivity contribution < 1.29 is 0 Å². The maximum absolute atomic E-state index is 6.12. The molecule has 2 aromatic carbocycles. The predicted octanol–water partition coefficient (Wildman–Crippen LogP) is 5.47. The summed E-state index contributed by atoms with van der Waals surface area (Å²) < 4.78 is 0. The van der Waals surface area contributed by atoms with Crippen molar-refractivity contribution >= 4 is 68.2 Å². The monoisotopic (exact) mass is 436 g/mol. The molecule has 4 rings (SSSR count). The molecule has 2 heterocycles. The smallest absolute Gasteiger partial charge is 0.217 e. The van der Waals surface area contributed by atoms with Crippen molar-refractivity contribution in [2.24, 2.45) is 10.2 Å². The molecule has 0 aliphatic carbocycles. The summed E-state index contributed by atoms with van der Waals surface area (Å²) in [6.07, 6.45) is 4.11. The zero-order valence-corrected chi connectivity index (χ0v) is 18.0. The zero-order chi connectivity index (χ0) is 19.0. The van der Waals surface area contributed by atoms with Gasteiger partial charge in [-0.25, -0.2) is 0 Å². The van der Waals surface area contributed by atoms with Gasteiger partial charge in [-0.2, -0.15) is 0 Å². The van der Waals surface area contributed by atoms with Crippen LogP contribution in [0.5, 0.6) is 0 Å². The molecule has 2 aliphatic heterocycles. The van der Waals surface area contributed by atoms with Gasteiger partial charge in [-0.1, -0.05) is 23.2 Å². The van der Waals surface area contributed by atoms with Gasteiger partial charge < -0.3 is 9.80 Å². The fourth-order valence-corrected chi connectivity index (χ4v) is 5.46. The van der Waals surface area contributed by atoms with Crippen molar-refractivity contribution in [2.75, 3.05) is 35.4 Å². The second-order valence-corrected chi connectivity index (χ2v) is 8.61. The Kier molecular flexibility index (Phi) is 5.34. The Labute approximate surface area is 177 Å². The van der Waals surface area contributed by atoms with Crippen molar-refractivity contribution in [3.8, 4) is 0 Å². The molecule has 1 saturated heterocycles. The van der Waals surface area contributed by atoms with Gasteiger partial charge in [0.1, 0.15) is 10.1 Å². The SMILES string of the molecule is CSC1=NN=C(SC)C12N(c1ccc(Cl)cc1)CCN2c1ccc(Cl)cc1. The van der Waals surface area contributed by atoms with Crippen LogP contribution in [0.1, 0.15) is 0 Å². The second-order valence-electron chi connectivity index (χ2n) is 6.15.